The number of benzene rings is 2. The summed E-state index contributed by atoms with van der Waals surface area (Å²) >= 11 is 1.51. The Hall–Kier alpha value is -4.08. The molecular formula is C34H41N5O3S. The molecule has 2 aromatic carbocycles. The van der Waals surface area contributed by atoms with Crippen LogP contribution in [-0.4, -0.2) is 64.6 Å². The van der Waals surface area contributed by atoms with Crippen LogP contribution in [0.2, 0.25) is 0 Å². The predicted octanol–water partition coefficient (Wildman–Crippen LogP) is 5.16. The highest BCUT2D eigenvalue weighted by atomic mass is 32.1. The van der Waals surface area contributed by atoms with E-state index < -0.39 is 12.1 Å². The van der Waals surface area contributed by atoms with Crippen LogP contribution in [0, 0.1) is 12.8 Å². The summed E-state index contributed by atoms with van der Waals surface area (Å²) in [6, 6.07) is 18.0. The number of nitrogens with one attached hydrogen (secondary N) is 1. The van der Waals surface area contributed by atoms with E-state index >= 15 is 0 Å². The first-order valence-corrected chi connectivity index (χ1v) is 15.4. The maximum absolute atomic E-state index is 13.5. The van der Waals surface area contributed by atoms with E-state index in [0.29, 0.717) is 36.6 Å². The van der Waals surface area contributed by atoms with Crippen LogP contribution in [-0.2, 0) is 19.4 Å². The van der Waals surface area contributed by atoms with Crippen molar-refractivity contribution in [3.63, 3.8) is 0 Å². The number of carbonyl (C=O) groups is 2. The van der Waals surface area contributed by atoms with Gasteiger partial charge in [-0.2, -0.15) is 0 Å². The van der Waals surface area contributed by atoms with E-state index in [2.05, 4.69) is 35.2 Å². The maximum Gasteiger partial charge on any atom is 0.253 e. The number of anilines is 1. The molecule has 2 atom stereocenters. The van der Waals surface area contributed by atoms with Gasteiger partial charge in [-0.1, -0.05) is 50.2 Å². The standard InChI is InChI=1S/C34H41N5O3S/c1-23(2)14-26-15-29(19-35-18-26)38(4)20-31(40)30(16-25-10-7-6-8-11-25)37-33(41)27-12-9-13-28(17-27)34(42)39(5)21-32-36-24(3)22-43-32/h6-13,15,17-19,22-23,30-31,40H,14,16,20-21H2,1-5H3,(H,37,41). The van der Waals surface area contributed by atoms with Crippen LogP contribution in [0.1, 0.15) is 56.4 Å². The summed E-state index contributed by atoms with van der Waals surface area (Å²) in [5, 5.41) is 17.3. The molecule has 0 radical (unpaired) electrons. The molecule has 0 aliphatic rings. The third-order valence-electron chi connectivity index (χ3n) is 7.16. The number of aliphatic hydroxyl groups is 1. The molecule has 2 unspecified atom stereocenters. The van der Waals surface area contributed by atoms with Crippen molar-refractivity contribution in [3.8, 4) is 0 Å². The van der Waals surface area contributed by atoms with Gasteiger partial charge >= 0.3 is 0 Å². The van der Waals surface area contributed by atoms with E-state index in [-0.39, 0.29) is 11.8 Å². The van der Waals surface area contributed by atoms with Gasteiger partial charge in [0, 0.05) is 49.0 Å². The maximum atomic E-state index is 13.5. The average molecular weight is 600 g/mol. The largest absolute Gasteiger partial charge is 0.389 e. The van der Waals surface area contributed by atoms with Crippen LogP contribution in [0.3, 0.4) is 0 Å². The van der Waals surface area contributed by atoms with E-state index in [0.717, 1.165) is 33.9 Å². The third-order valence-corrected chi connectivity index (χ3v) is 8.11. The molecule has 4 aromatic rings. The summed E-state index contributed by atoms with van der Waals surface area (Å²) in [5.74, 6) is -0.0377. The van der Waals surface area contributed by atoms with Gasteiger partial charge in [-0.25, -0.2) is 4.98 Å². The first-order chi connectivity index (χ1) is 20.6. The van der Waals surface area contributed by atoms with Crippen molar-refractivity contribution in [2.75, 3.05) is 25.5 Å². The molecule has 226 valence electrons. The van der Waals surface area contributed by atoms with E-state index in [4.69, 9.17) is 0 Å². The Labute approximate surface area is 258 Å². The van der Waals surface area contributed by atoms with Crippen molar-refractivity contribution in [2.24, 2.45) is 5.92 Å². The first-order valence-electron chi connectivity index (χ1n) is 14.5. The fourth-order valence-corrected chi connectivity index (χ4v) is 5.77. The number of thiazole rings is 1. The topological polar surface area (TPSA) is 98.7 Å². The number of hydrogen-bond donors (Lipinski definition) is 2. The Morgan fingerprint density at radius 3 is 2.40 bits per heavy atom. The third kappa shape index (κ3) is 9.20. The lowest BCUT2D eigenvalue weighted by atomic mass is 9.99. The van der Waals surface area contributed by atoms with E-state index in [9.17, 15) is 14.7 Å². The Kier molecular flexibility index (Phi) is 11.0. The van der Waals surface area contributed by atoms with Crippen LogP contribution >= 0.6 is 11.3 Å². The molecule has 9 heteroatoms. The number of rotatable bonds is 13. The van der Waals surface area contributed by atoms with Crippen LogP contribution < -0.4 is 10.2 Å². The number of amides is 2. The van der Waals surface area contributed by atoms with Gasteiger partial charge in [0.05, 0.1) is 30.6 Å². The molecule has 2 N–H and O–H groups in total. The zero-order chi connectivity index (χ0) is 30.9. The number of carbonyl (C=O) groups excluding carboxylic acids is 2. The number of likely N-dealkylation sites (N-methyl/N-ethyl adjacent to an activating group) is 1. The SMILES string of the molecule is Cc1csc(CN(C)C(=O)c2cccc(C(=O)NC(Cc3ccccc3)C(O)CN(C)c3cncc(CC(C)C)c3)c2)n1. The number of aliphatic hydroxyl groups excluding tert-OH is 1. The van der Waals surface area contributed by atoms with Crippen LogP contribution in [0.5, 0.6) is 0 Å². The summed E-state index contributed by atoms with van der Waals surface area (Å²) in [6.45, 7) is 6.95. The van der Waals surface area contributed by atoms with Crippen molar-refractivity contribution in [3.05, 3.63) is 111 Å². The summed E-state index contributed by atoms with van der Waals surface area (Å²) in [7, 11) is 3.64. The fraction of sp³-hybridized carbons (Fsp3) is 0.353. The fourth-order valence-electron chi connectivity index (χ4n) is 4.95. The highest BCUT2D eigenvalue weighted by molar-refractivity contribution is 7.09. The predicted molar refractivity (Wildman–Crippen MR) is 173 cm³/mol. The molecule has 4 rings (SSSR count). The number of hydrogen-bond acceptors (Lipinski definition) is 7. The quantitative estimate of drug-likeness (QED) is 0.221. The first kappa shape index (κ1) is 31.8. The van der Waals surface area contributed by atoms with Crippen molar-refractivity contribution in [1.29, 1.82) is 0 Å². The van der Waals surface area contributed by atoms with E-state index in [1.54, 1.807) is 42.4 Å². The molecular weight excluding hydrogens is 558 g/mol. The lowest BCUT2D eigenvalue weighted by molar-refractivity contribution is 0.0784. The second-order valence-electron chi connectivity index (χ2n) is 11.5. The van der Waals surface area contributed by atoms with Crippen molar-refractivity contribution < 1.29 is 14.7 Å². The van der Waals surface area contributed by atoms with Crippen molar-refractivity contribution in [1.82, 2.24) is 20.2 Å². The molecule has 0 saturated carbocycles. The summed E-state index contributed by atoms with van der Waals surface area (Å²) in [4.78, 5) is 39.1. The Morgan fingerprint density at radius 2 is 1.70 bits per heavy atom. The van der Waals surface area contributed by atoms with Gasteiger partial charge in [0.2, 0.25) is 0 Å². The normalized spacial score (nSPS) is 12.5. The highest BCUT2D eigenvalue weighted by Crippen LogP contribution is 2.18. The summed E-state index contributed by atoms with van der Waals surface area (Å²) in [5.41, 5.74) is 4.74. The van der Waals surface area contributed by atoms with Crippen molar-refractivity contribution in [2.45, 2.75) is 52.3 Å². The van der Waals surface area contributed by atoms with Crippen LogP contribution in [0.25, 0.3) is 0 Å². The second-order valence-corrected chi connectivity index (χ2v) is 12.4. The number of aromatic nitrogens is 2. The zero-order valence-corrected chi connectivity index (χ0v) is 26.3. The molecule has 8 nitrogen and oxygen atoms in total. The van der Waals surface area contributed by atoms with Gasteiger partial charge in [-0.15, -0.1) is 11.3 Å². The molecule has 0 bridgehead atoms. The Balaban J connectivity index is 1.48. The van der Waals surface area contributed by atoms with Crippen LogP contribution in [0.4, 0.5) is 5.69 Å². The van der Waals surface area contributed by atoms with Crippen LogP contribution in [0.15, 0.2) is 78.4 Å². The van der Waals surface area contributed by atoms with Gasteiger partial charge in [-0.3, -0.25) is 14.6 Å². The smallest absolute Gasteiger partial charge is 0.253 e. The number of nitrogens with zero attached hydrogens (tertiary/aromatic N) is 4. The van der Waals surface area contributed by atoms with Gasteiger partial charge < -0.3 is 20.2 Å². The molecule has 0 aliphatic heterocycles. The summed E-state index contributed by atoms with van der Waals surface area (Å²) < 4.78 is 0. The van der Waals surface area contributed by atoms with Gasteiger partial charge in [-0.05, 0) is 61.1 Å². The lowest BCUT2D eigenvalue weighted by Crippen LogP contribution is -2.49. The molecule has 2 aromatic heterocycles. The monoisotopic (exact) mass is 599 g/mol. The summed E-state index contributed by atoms with van der Waals surface area (Å²) in [6.07, 6.45) is 4.16. The van der Waals surface area contributed by atoms with E-state index in [1.165, 1.54) is 11.3 Å². The Bertz CT molecular complexity index is 1510. The minimum atomic E-state index is -0.874. The van der Waals surface area contributed by atoms with Gasteiger partial charge in [0.1, 0.15) is 5.01 Å². The second kappa shape index (κ2) is 14.9. The average Bonchev–Trinajstić information content (AvgIpc) is 3.40. The molecule has 0 fully saturated rings. The molecule has 2 heterocycles. The molecule has 0 aliphatic carbocycles. The molecule has 0 spiro atoms. The molecule has 43 heavy (non-hydrogen) atoms. The minimum Gasteiger partial charge on any atom is -0.389 e. The van der Waals surface area contributed by atoms with Gasteiger partial charge in [0.25, 0.3) is 11.8 Å². The van der Waals surface area contributed by atoms with Crippen molar-refractivity contribution >= 4 is 28.8 Å². The van der Waals surface area contributed by atoms with E-state index in [1.807, 2.05) is 60.8 Å². The number of aryl methyl sites for hydroxylation is 1. The molecule has 2 amide bonds. The lowest BCUT2D eigenvalue weighted by Gasteiger charge is -2.29. The Morgan fingerprint density at radius 1 is 0.953 bits per heavy atom. The zero-order valence-electron chi connectivity index (χ0n) is 25.5. The molecule has 0 saturated heterocycles. The van der Waals surface area contributed by atoms with Gasteiger partial charge in [0.15, 0.2) is 0 Å². The minimum absolute atomic E-state index is 0.196. The highest BCUT2D eigenvalue weighted by Gasteiger charge is 2.25. The number of pyridine rings is 1.